The Morgan fingerprint density at radius 2 is 1.94 bits per heavy atom. The quantitative estimate of drug-likeness (QED) is 0.796. The summed E-state index contributed by atoms with van der Waals surface area (Å²) >= 11 is 0. The third kappa shape index (κ3) is 3.94. The molecule has 8 heteroatoms. The van der Waals surface area contributed by atoms with Crippen molar-refractivity contribution in [3.63, 3.8) is 0 Å². The lowest BCUT2D eigenvalue weighted by Crippen LogP contribution is -2.20. The first-order valence-corrected chi connectivity index (χ1v) is 5.72. The number of benzene rings is 1. The maximum Gasteiger partial charge on any atom is 0.416 e. The highest BCUT2D eigenvalue weighted by Gasteiger charge is 2.32. The van der Waals surface area contributed by atoms with E-state index in [0.717, 1.165) is 12.1 Å². The lowest BCUT2D eigenvalue weighted by atomic mass is 10.1. The van der Waals surface area contributed by atoms with Crippen LogP contribution < -0.4 is 9.98 Å². The fraction of sp³-hybridized carbons (Fsp3) is 0.250. The Labute approximate surface area is 89.3 Å². The molecule has 0 aliphatic rings. The van der Waals surface area contributed by atoms with Crippen molar-refractivity contribution in [3.05, 3.63) is 35.4 Å². The fourth-order valence-corrected chi connectivity index (χ4v) is 1.51. The van der Waals surface area contributed by atoms with Crippen molar-refractivity contribution in [3.8, 4) is 0 Å². The van der Waals surface area contributed by atoms with E-state index in [4.69, 9.17) is 4.89 Å². The maximum absolute atomic E-state index is 12.4. The van der Waals surface area contributed by atoms with E-state index in [1.54, 1.807) is 5.09 Å². The van der Waals surface area contributed by atoms with Gasteiger partial charge < -0.3 is 9.79 Å². The van der Waals surface area contributed by atoms with Crippen molar-refractivity contribution in [1.29, 1.82) is 0 Å². The predicted octanol–water partition coefficient (Wildman–Crippen LogP) is 1.26. The summed E-state index contributed by atoms with van der Waals surface area (Å²) in [5.41, 5.74) is -1.18. The summed E-state index contributed by atoms with van der Waals surface area (Å²) in [4.78, 5) is 18.7. The number of nitrogens with one attached hydrogen (secondary N) is 1. The van der Waals surface area contributed by atoms with Crippen molar-refractivity contribution < 1.29 is 27.5 Å². The van der Waals surface area contributed by atoms with Crippen molar-refractivity contribution >= 4 is 7.75 Å². The molecule has 1 atom stereocenters. The predicted molar refractivity (Wildman–Crippen MR) is 48.1 cm³/mol. The Morgan fingerprint density at radius 1 is 1.38 bits per heavy atom. The van der Waals surface area contributed by atoms with E-state index in [0.29, 0.717) is 0 Å². The smallest absolute Gasteiger partial charge is 0.416 e. The molecular formula is C8H8F3NO3P-. The highest BCUT2D eigenvalue weighted by atomic mass is 31.2. The van der Waals surface area contributed by atoms with E-state index in [9.17, 15) is 22.6 Å². The van der Waals surface area contributed by atoms with Gasteiger partial charge in [-0.3, -0.25) is 9.65 Å². The fourth-order valence-electron chi connectivity index (χ4n) is 1.14. The van der Waals surface area contributed by atoms with Crippen LogP contribution in [0.2, 0.25) is 0 Å². The molecule has 0 aliphatic heterocycles. The van der Waals surface area contributed by atoms with Crippen LogP contribution in [0, 0.1) is 0 Å². The molecule has 16 heavy (non-hydrogen) atoms. The van der Waals surface area contributed by atoms with Crippen molar-refractivity contribution in [2.24, 2.45) is 0 Å². The molecule has 1 rings (SSSR count). The number of hydrogen-bond acceptors (Lipinski definition) is 2. The molecule has 0 fully saturated rings. The number of rotatable bonds is 3. The van der Waals surface area contributed by atoms with E-state index < -0.39 is 26.0 Å². The highest BCUT2D eigenvalue weighted by Crippen LogP contribution is 2.33. The second kappa shape index (κ2) is 4.55. The van der Waals surface area contributed by atoms with Gasteiger partial charge in [-0.05, 0) is 11.6 Å². The molecular weight excluding hydrogens is 246 g/mol. The van der Waals surface area contributed by atoms with Crippen molar-refractivity contribution in [2.45, 2.75) is 12.7 Å². The molecule has 2 N–H and O–H groups in total. The summed E-state index contributed by atoms with van der Waals surface area (Å²) in [6.45, 7) is -0.604. The molecule has 90 valence electrons. The van der Waals surface area contributed by atoms with Crippen LogP contribution in [0.25, 0.3) is 0 Å². The molecule has 0 saturated carbocycles. The number of halogens is 3. The highest BCUT2D eigenvalue weighted by molar-refractivity contribution is 7.47. The van der Waals surface area contributed by atoms with Crippen molar-refractivity contribution in [2.75, 3.05) is 0 Å². The Kier molecular flexibility index (Phi) is 3.75. The SMILES string of the molecule is O=P([O-])(O)NCc1ccccc1C(F)(F)F. The molecule has 0 spiro atoms. The summed E-state index contributed by atoms with van der Waals surface area (Å²) in [6, 6.07) is 4.51. The van der Waals surface area contributed by atoms with Crippen LogP contribution in [-0.2, 0) is 17.3 Å². The minimum atomic E-state index is -4.77. The van der Waals surface area contributed by atoms with Crippen LogP contribution >= 0.6 is 7.75 Å². The van der Waals surface area contributed by atoms with Gasteiger partial charge in [0, 0.05) is 6.54 Å². The first-order valence-electron chi connectivity index (χ1n) is 4.14. The number of hydrogen-bond donors (Lipinski definition) is 2. The topological polar surface area (TPSA) is 72.4 Å². The van der Waals surface area contributed by atoms with Crippen LogP contribution in [0.1, 0.15) is 11.1 Å². The Hall–Kier alpha value is -0.880. The molecule has 0 radical (unpaired) electrons. The lowest BCUT2D eigenvalue weighted by molar-refractivity contribution is -0.197. The van der Waals surface area contributed by atoms with Gasteiger partial charge in [0.15, 0.2) is 0 Å². The average molecular weight is 254 g/mol. The molecule has 0 heterocycles. The second-order valence-corrected chi connectivity index (χ2v) is 4.37. The third-order valence-corrected chi connectivity index (χ3v) is 2.35. The van der Waals surface area contributed by atoms with Gasteiger partial charge in [-0.15, -0.1) is 0 Å². The van der Waals surface area contributed by atoms with Crippen LogP contribution in [0.4, 0.5) is 13.2 Å². The zero-order chi connectivity index (χ0) is 12.4. The number of alkyl halides is 3. The molecule has 0 aromatic heterocycles. The summed E-state index contributed by atoms with van der Waals surface area (Å²) in [5.74, 6) is 0. The van der Waals surface area contributed by atoms with Gasteiger partial charge in [-0.25, -0.2) is 0 Å². The molecule has 0 bridgehead atoms. The summed E-state index contributed by atoms with van der Waals surface area (Å²) in [5, 5.41) is 1.61. The summed E-state index contributed by atoms with van der Waals surface area (Å²) in [7, 11) is -4.77. The monoisotopic (exact) mass is 254 g/mol. The summed E-state index contributed by atoms with van der Waals surface area (Å²) in [6.07, 6.45) is -4.55. The van der Waals surface area contributed by atoms with Gasteiger partial charge in [-0.1, -0.05) is 18.2 Å². The van der Waals surface area contributed by atoms with Gasteiger partial charge in [0.2, 0.25) is 7.75 Å². The minimum absolute atomic E-state index is 0.250. The molecule has 4 nitrogen and oxygen atoms in total. The van der Waals surface area contributed by atoms with E-state index in [2.05, 4.69) is 0 Å². The molecule has 0 saturated heterocycles. The van der Waals surface area contributed by atoms with Gasteiger partial charge >= 0.3 is 6.18 Å². The van der Waals surface area contributed by atoms with E-state index in [-0.39, 0.29) is 5.56 Å². The van der Waals surface area contributed by atoms with Gasteiger partial charge in [0.05, 0.1) is 5.56 Å². The van der Waals surface area contributed by atoms with Crippen LogP contribution in [0.3, 0.4) is 0 Å². The zero-order valence-corrected chi connectivity index (χ0v) is 8.76. The van der Waals surface area contributed by atoms with E-state index in [1.165, 1.54) is 12.1 Å². The van der Waals surface area contributed by atoms with Crippen LogP contribution in [-0.4, -0.2) is 4.89 Å². The zero-order valence-electron chi connectivity index (χ0n) is 7.86. The Bertz CT molecular complexity index is 415. The van der Waals surface area contributed by atoms with Gasteiger partial charge in [0.25, 0.3) is 0 Å². The lowest BCUT2D eigenvalue weighted by Gasteiger charge is -2.19. The molecule has 0 aliphatic carbocycles. The third-order valence-electron chi connectivity index (χ3n) is 1.79. The second-order valence-electron chi connectivity index (χ2n) is 3.01. The van der Waals surface area contributed by atoms with E-state index in [1.807, 2.05) is 0 Å². The largest absolute Gasteiger partial charge is 0.766 e. The Morgan fingerprint density at radius 3 is 2.44 bits per heavy atom. The molecule has 1 unspecified atom stereocenters. The molecule has 0 amide bonds. The first-order chi connectivity index (χ1) is 7.20. The van der Waals surface area contributed by atoms with Gasteiger partial charge in [-0.2, -0.15) is 13.2 Å². The molecule has 1 aromatic carbocycles. The maximum atomic E-state index is 12.4. The normalized spacial score (nSPS) is 15.8. The van der Waals surface area contributed by atoms with Gasteiger partial charge in [0.1, 0.15) is 0 Å². The van der Waals surface area contributed by atoms with Crippen molar-refractivity contribution in [1.82, 2.24) is 5.09 Å². The minimum Gasteiger partial charge on any atom is -0.766 e. The van der Waals surface area contributed by atoms with Crippen LogP contribution in [0.5, 0.6) is 0 Å². The Balaban J connectivity index is 2.92. The van der Waals surface area contributed by atoms with Crippen LogP contribution in [0.15, 0.2) is 24.3 Å². The molecule has 1 aromatic rings. The average Bonchev–Trinajstić information content (AvgIpc) is 2.12. The van der Waals surface area contributed by atoms with E-state index >= 15 is 0 Å². The summed E-state index contributed by atoms with van der Waals surface area (Å²) < 4.78 is 47.6. The first kappa shape index (κ1) is 13.2. The standard InChI is InChI=1S/C8H9F3NO3P/c9-8(10,11)7-4-2-1-3-6(7)5-12-16(13,14)15/h1-4H,5H2,(H3,12,13,14,15)/p-1.